The summed E-state index contributed by atoms with van der Waals surface area (Å²) in [7, 11) is 1.71. The maximum absolute atomic E-state index is 14.1. The Morgan fingerprint density at radius 2 is 1.70 bits per heavy atom. The Morgan fingerprint density at radius 1 is 1.04 bits per heavy atom. The number of aliphatic hydroxyl groups is 1. The minimum absolute atomic E-state index is 0.0000360. The second-order valence-electron chi connectivity index (χ2n) is 20.2. The Kier molecular flexibility index (Phi) is 12.1. The third-order valence-corrected chi connectivity index (χ3v) is 15.6. The van der Waals surface area contributed by atoms with E-state index < -0.39 is 11.6 Å². The van der Waals surface area contributed by atoms with Crippen LogP contribution < -0.4 is 11.6 Å². The number of ether oxygens (including phenoxy) is 2. The van der Waals surface area contributed by atoms with Crippen molar-refractivity contribution in [2.75, 3.05) is 7.05 Å². The maximum atomic E-state index is 14.1. The highest BCUT2D eigenvalue weighted by molar-refractivity contribution is 6.00. The van der Waals surface area contributed by atoms with Crippen LogP contribution >= 0.6 is 0 Å². The first-order valence-corrected chi connectivity index (χ1v) is 20.9. The monoisotopic (exact) mass is 771 g/mol. The second kappa shape index (κ2) is 15.6. The first-order valence-electron chi connectivity index (χ1n) is 20.9. The van der Waals surface area contributed by atoms with Gasteiger partial charge in [0.25, 0.3) is 0 Å². The van der Waals surface area contributed by atoms with Crippen LogP contribution in [0.5, 0.6) is 0 Å². The lowest BCUT2D eigenvalue weighted by Crippen LogP contribution is -2.63. The van der Waals surface area contributed by atoms with E-state index in [2.05, 4.69) is 61.3 Å². The molecule has 5 rings (SSSR count). The SMILES string of the molecule is C=C(CC12CCC3C(CCC4C3(C)CCC3C(C)(C)C(OC(=O)CC(C)(C)C(=C)O)CCC34C)C1=C(C(C)C)C(=O)C2)OC(C(=C)/C=C\C(C#N)=C/N)N(C)N. The summed E-state index contributed by atoms with van der Waals surface area (Å²) in [5.41, 5.74) is 7.78. The second-order valence-corrected chi connectivity index (χ2v) is 20.2. The zero-order valence-corrected chi connectivity index (χ0v) is 35.8. The van der Waals surface area contributed by atoms with Crippen LogP contribution in [0.2, 0.25) is 0 Å². The first-order chi connectivity index (χ1) is 26.0. The average Bonchev–Trinajstić information content (AvgIpc) is 3.40. The molecule has 0 aromatic rings. The molecule has 0 radical (unpaired) electrons. The Labute approximate surface area is 337 Å². The van der Waals surface area contributed by atoms with Gasteiger partial charge in [-0.25, -0.2) is 5.01 Å². The molecule has 308 valence electrons. The molecule has 0 saturated heterocycles. The number of hydrogen-bond donors (Lipinski definition) is 3. The van der Waals surface area contributed by atoms with E-state index in [-0.39, 0.29) is 57.6 Å². The Hall–Kier alpha value is -3.61. The van der Waals surface area contributed by atoms with Gasteiger partial charge in [0.1, 0.15) is 12.2 Å². The zero-order valence-electron chi connectivity index (χ0n) is 35.8. The summed E-state index contributed by atoms with van der Waals surface area (Å²) in [5.74, 6) is 8.69. The van der Waals surface area contributed by atoms with E-state index in [4.69, 9.17) is 21.1 Å². The smallest absolute Gasteiger partial charge is 0.307 e. The van der Waals surface area contributed by atoms with Crippen molar-refractivity contribution in [1.82, 2.24) is 5.01 Å². The fourth-order valence-electron chi connectivity index (χ4n) is 12.9. The highest BCUT2D eigenvalue weighted by Gasteiger charge is 2.66. The summed E-state index contributed by atoms with van der Waals surface area (Å²) in [5, 5.41) is 20.8. The molecule has 0 bridgehead atoms. The number of esters is 1. The van der Waals surface area contributed by atoms with Crippen LogP contribution in [0.25, 0.3) is 0 Å². The van der Waals surface area contributed by atoms with E-state index in [1.54, 1.807) is 19.2 Å². The van der Waals surface area contributed by atoms with Crippen LogP contribution in [-0.4, -0.2) is 41.2 Å². The number of nitriles is 1. The number of carbonyl (C=O) groups excluding carboxylic acids is 2. The van der Waals surface area contributed by atoms with Gasteiger partial charge in [0.2, 0.25) is 0 Å². The molecule has 9 atom stereocenters. The molecule has 0 amide bonds. The number of Topliss-reactive ketones (excluding diaryl/α,β-unsaturated/α-hetero) is 1. The van der Waals surface area contributed by atoms with Crippen molar-refractivity contribution < 1.29 is 24.2 Å². The van der Waals surface area contributed by atoms with E-state index in [1.165, 1.54) is 16.8 Å². The molecule has 5 N–H and O–H groups in total. The van der Waals surface area contributed by atoms with Gasteiger partial charge in [-0.3, -0.25) is 15.4 Å². The standard InChI is InChI=1S/C47H70N4O5/c1-28(2)40-35(53)24-47(23-30(4)55-42(51(12)50)29(3)13-14-32(26-48)27-49)22-17-34-33(41(40)47)15-16-37-45(34,10)20-18-36-44(8,9)38(19-21-46(36,37)11)56-39(54)25-43(6,7)31(5)52/h13-14,26,28,33-34,36-38,42,52H,3-5,15-25,48,50H2,1-2,6-12H3/b14-13-,32-26+. The van der Waals surface area contributed by atoms with Crippen molar-refractivity contribution in [3.05, 3.63) is 71.9 Å². The van der Waals surface area contributed by atoms with Gasteiger partial charge in [0.15, 0.2) is 12.0 Å². The van der Waals surface area contributed by atoms with E-state index in [0.29, 0.717) is 53.4 Å². The van der Waals surface area contributed by atoms with Gasteiger partial charge in [-0.1, -0.05) is 86.8 Å². The van der Waals surface area contributed by atoms with Gasteiger partial charge in [0, 0.05) is 47.9 Å². The van der Waals surface area contributed by atoms with Gasteiger partial charge < -0.3 is 20.3 Å². The lowest BCUT2D eigenvalue weighted by Gasteiger charge is -2.68. The Balaban J connectivity index is 1.39. The summed E-state index contributed by atoms with van der Waals surface area (Å²) in [6.45, 7) is 29.9. The van der Waals surface area contributed by atoms with Crippen molar-refractivity contribution >= 4 is 11.8 Å². The van der Waals surface area contributed by atoms with Gasteiger partial charge in [0.05, 0.1) is 23.5 Å². The third kappa shape index (κ3) is 7.57. The highest BCUT2D eigenvalue weighted by Crippen LogP contribution is 2.73. The molecule has 0 aliphatic heterocycles. The molecule has 5 aliphatic carbocycles. The number of likely N-dealkylation sites (N-methyl/N-ethyl adjacent to an activating group) is 1. The maximum Gasteiger partial charge on any atom is 0.307 e. The molecule has 9 unspecified atom stereocenters. The number of aliphatic hydroxyl groups excluding tert-OH is 1. The van der Waals surface area contributed by atoms with E-state index in [1.807, 2.05) is 19.9 Å². The van der Waals surface area contributed by atoms with Crippen LogP contribution in [0, 0.1) is 68.0 Å². The molecule has 0 heterocycles. The molecule has 0 spiro atoms. The molecule has 4 fully saturated rings. The summed E-state index contributed by atoms with van der Waals surface area (Å²) in [6, 6.07) is 2.03. The third-order valence-electron chi connectivity index (χ3n) is 15.6. The fraction of sp³-hybridized carbons (Fsp3) is 0.681. The van der Waals surface area contributed by atoms with Crippen LogP contribution in [0.3, 0.4) is 0 Å². The van der Waals surface area contributed by atoms with Crippen molar-refractivity contribution in [3.63, 3.8) is 0 Å². The number of carbonyl (C=O) groups is 2. The summed E-state index contributed by atoms with van der Waals surface area (Å²) in [6.07, 6.45) is 12.9. The predicted octanol–water partition coefficient (Wildman–Crippen LogP) is 9.51. The van der Waals surface area contributed by atoms with Crippen molar-refractivity contribution in [2.24, 2.45) is 68.2 Å². The van der Waals surface area contributed by atoms with Gasteiger partial charge >= 0.3 is 5.97 Å². The topological polar surface area (TPSA) is 152 Å². The molecule has 56 heavy (non-hydrogen) atoms. The average molecular weight is 771 g/mol. The molecular weight excluding hydrogens is 701 g/mol. The van der Waals surface area contributed by atoms with E-state index in [9.17, 15) is 20.0 Å². The number of hydrogen-bond acceptors (Lipinski definition) is 9. The quantitative estimate of drug-likeness (QED) is 0.0316. The Morgan fingerprint density at radius 3 is 2.29 bits per heavy atom. The minimum atomic E-state index is -0.731. The molecule has 9 nitrogen and oxygen atoms in total. The largest absolute Gasteiger partial charge is 0.512 e. The normalized spacial score (nSPS) is 34.6. The molecular formula is C47H70N4O5. The zero-order chi connectivity index (χ0) is 41.8. The summed E-state index contributed by atoms with van der Waals surface area (Å²) < 4.78 is 12.7. The number of hydrazine groups is 1. The predicted molar refractivity (Wildman–Crippen MR) is 222 cm³/mol. The Bertz CT molecular complexity index is 1760. The number of rotatable bonds is 13. The molecule has 9 heteroatoms. The summed E-state index contributed by atoms with van der Waals surface area (Å²) in [4.78, 5) is 27.3. The fourth-order valence-corrected chi connectivity index (χ4v) is 12.9. The lowest BCUT2D eigenvalue weighted by molar-refractivity contribution is -0.213. The number of fused-ring (bicyclic) bond motifs is 7. The van der Waals surface area contributed by atoms with Gasteiger partial charge in [-0.15, -0.1) is 0 Å². The number of nitrogens with zero attached hydrogens (tertiary/aromatic N) is 2. The van der Waals surface area contributed by atoms with Crippen LogP contribution in [-0.2, 0) is 19.1 Å². The number of ketones is 1. The van der Waals surface area contributed by atoms with Crippen molar-refractivity contribution in [3.8, 4) is 6.07 Å². The van der Waals surface area contributed by atoms with Crippen molar-refractivity contribution in [2.45, 2.75) is 138 Å². The molecule has 4 saturated carbocycles. The van der Waals surface area contributed by atoms with Gasteiger partial charge in [-0.2, -0.15) is 5.26 Å². The number of nitrogens with two attached hydrogens (primary N) is 2. The van der Waals surface area contributed by atoms with Crippen molar-refractivity contribution in [1.29, 1.82) is 5.26 Å². The highest BCUT2D eigenvalue weighted by atomic mass is 16.5. The molecule has 0 aromatic heterocycles. The minimum Gasteiger partial charge on any atom is -0.512 e. The first kappa shape index (κ1) is 43.5. The van der Waals surface area contributed by atoms with Crippen LogP contribution in [0.4, 0.5) is 0 Å². The van der Waals surface area contributed by atoms with Gasteiger partial charge in [-0.05, 0) is 103 Å². The lowest BCUT2D eigenvalue weighted by atomic mass is 9.36. The van der Waals surface area contributed by atoms with Crippen LogP contribution in [0.15, 0.2) is 71.9 Å². The van der Waals surface area contributed by atoms with E-state index >= 15 is 0 Å². The summed E-state index contributed by atoms with van der Waals surface area (Å²) >= 11 is 0. The molecule has 0 aromatic carbocycles. The molecule has 5 aliphatic rings. The van der Waals surface area contributed by atoms with E-state index in [0.717, 1.165) is 56.9 Å². The number of allylic oxidation sites excluding steroid dienone is 6. The van der Waals surface area contributed by atoms with Crippen LogP contribution in [0.1, 0.15) is 126 Å².